The highest BCUT2D eigenvalue weighted by Gasteiger charge is 2.38. The zero-order chi connectivity index (χ0) is 18.9. The summed E-state index contributed by atoms with van der Waals surface area (Å²) in [7, 11) is 0. The summed E-state index contributed by atoms with van der Waals surface area (Å²) in [5.74, 6) is -2.53. The van der Waals surface area contributed by atoms with Gasteiger partial charge in [-0.05, 0) is 25.0 Å². The van der Waals surface area contributed by atoms with Crippen LogP contribution < -0.4 is 5.32 Å². The third-order valence-electron chi connectivity index (χ3n) is 4.05. The normalized spacial score (nSPS) is 15.5. The van der Waals surface area contributed by atoms with Crippen LogP contribution in [0.1, 0.15) is 41.2 Å². The Hall–Kier alpha value is -2.84. The average Bonchev–Trinajstić information content (AvgIpc) is 3.31. The maximum absolute atomic E-state index is 12.5. The molecule has 2 aromatic rings. The van der Waals surface area contributed by atoms with Crippen molar-refractivity contribution in [3.63, 3.8) is 0 Å². The van der Waals surface area contributed by atoms with Gasteiger partial charge in [-0.15, -0.1) is 0 Å². The van der Waals surface area contributed by atoms with Crippen molar-refractivity contribution in [3.8, 4) is 5.69 Å². The number of hydrogen-bond donors (Lipinski definition) is 2. The van der Waals surface area contributed by atoms with E-state index in [0.29, 0.717) is 5.69 Å². The number of halogens is 3. The van der Waals surface area contributed by atoms with E-state index in [1.807, 2.05) is 11.4 Å². The number of carbonyl (C=O) groups excluding carboxylic acids is 1. The first-order valence-corrected chi connectivity index (χ1v) is 8.00. The van der Waals surface area contributed by atoms with Crippen LogP contribution in [0, 0.1) is 0 Å². The predicted octanol–water partition coefficient (Wildman–Crippen LogP) is 2.89. The lowest BCUT2D eigenvalue weighted by atomic mass is 10.1. The van der Waals surface area contributed by atoms with Crippen LogP contribution in [0.5, 0.6) is 0 Å². The molecule has 1 fully saturated rings. The largest absolute Gasteiger partial charge is 0.480 e. The Balaban J connectivity index is 1.88. The molecule has 1 heterocycles. The van der Waals surface area contributed by atoms with Crippen LogP contribution in [-0.2, 0) is 4.79 Å². The summed E-state index contributed by atoms with van der Waals surface area (Å²) in [4.78, 5) is 23.5. The van der Waals surface area contributed by atoms with E-state index in [9.17, 15) is 22.8 Å². The SMILES string of the molecule is O=C(NC(CC(F)(F)F)C(=O)O)c1cnn(-c2ccccc2)c1C1CC1. The summed E-state index contributed by atoms with van der Waals surface area (Å²) in [6.45, 7) is 0. The van der Waals surface area contributed by atoms with Crippen LogP contribution in [0.4, 0.5) is 13.2 Å². The van der Waals surface area contributed by atoms with Crippen molar-refractivity contribution in [2.45, 2.75) is 37.4 Å². The van der Waals surface area contributed by atoms with Gasteiger partial charge in [0.2, 0.25) is 0 Å². The minimum atomic E-state index is -4.70. The molecule has 1 aliphatic carbocycles. The number of para-hydroxylation sites is 1. The van der Waals surface area contributed by atoms with Gasteiger partial charge in [-0.2, -0.15) is 18.3 Å². The standard InChI is InChI=1S/C17H16F3N3O3/c18-17(19,20)8-13(16(25)26)22-15(24)12-9-21-23(14(12)10-6-7-10)11-4-2-1-3-5-11/h1-5,9-10,13H,6-8H2,(H,22,24)(H,25,26). The van der Waals surface area contributed by atoms with Gasteiger partial charge in [0, 0.05) is 5.92 Å². The molecule has 2 N–H and O–H groups in total. The molecule has 0 radical (unpaired) electrons. The van der Waals surface area contributed by atoms with E-state index in [2.05, 4.69) is 5.10 Å². The third kappa shape index (κ3) is 4.04. The van der Waals surface area contributed by atoms with E-state index in [4.69, 9.17) is 5.11 Å². The van der Waals surface area contributed by atoms with Crippen molar-refractivity contribution in [2.24, 2.45) is 0 Å². The smallest absolute Gasteiger partial charge is 0.391 e. The number of benzene rings is 1. The minimum absolute atomic E-state index is 0.0735. The molecule has 26 heavy (non-hydrogen) atoms. The molecule has 9 heteroatoms. The summed E-state index contributed by atoms with van der Waals surface area (Å²) in [5.41, 5.74) is 1.41. The number of aromatic nitrogens is 2. The van der Waals surface area contributed by atoms with Crippen LogP contribution >= 0.6 is 0 Å². The summed E-state index contributed by atoms with van der Waals surface area (Å²) >= 11 is 0. The van der Waals surface area contributed by atoms with Crippen LogP contribution in [-0.4, -0.2) is 39.0 Å². The van der Waals surface area contributed by atoms with E-state index in [0.717, 1.165) is 18.5 Å². The Labute approximate surface area is 146 Å². The molecule has 0 saturated heterocycles. The van der Waals surface area contributed by atoms with E-state index < -0.39 is 30.5 Å². The Morgan fingerprint density at radius 2 is 1.92 bits per heavy atom. The molecule has 1 atom stereocenters. The highest BCUT2D eigenvalue weighted by Crippen LogP contribution is 2.42. The number of hydrogen-bond acceptors (Lipinski definition) is 3. The molecule has 3 rings (SSSR count). The second-order valence-corrected chi connectivity index (χ2v) is 6.15. The molecule has 6 nitrogen and oxygen atoms in total. The lowest BCUT2D eigenvalue weighted by Crippen LogP contribution is -2.43. The Bertz CT molecular complexity index is 814. The lowest BCUT2D eigenvalue weighted by Gasteiger charge is -2.16. The molecule has 1 unspecified atom stereocenters. The molecule has 1 aliphatic rings. The number of rotatable bonds is 6. The zero-order valence-electron chi connectivity index (χ0n) is 13.5. The second kappa shape index (κ2) is 6.81. The highest BCUT2D eigenvalue weighted by atomic mass is 19.4. The van der Waals surface area contributed by atoms with Gasteiger partial charge in [0.05, 0.1) is 29.6 Å². The average molecular weight is 367 g/mol. The number of alkyl halides is 3. The number of carboxylic acid groups (broad SMARTS) is 1. The van der Waals surface area contributed by atoms with Crippen LogP contribution in [0.2, 0.25) is 0 Å². The summed E-state index contributed by atoms with van der Waals surface area (Å²) in [5, 5.41) is 15.1. The summed E-state index contributed by atoms with van der Waals surface area (Å²) in [6, 6.07) is 6.98. The highest BCUT2D eigenvalue weighted by molar-refractivity contribution is 5.97. The van der Waals surface area contributed by atoms with E-state index in [1.165, 1.54) is 6.20 Å². The van der Waals surface area contributed by atoms with Gasteiger partial charge in [0.15, 0.2) is 0 Å². The van der Waals surface area contributed by atoms with Gasteiger partial charge in [-0.3, -0.25) is 4.79 Å². The summed E-state index contributed by atoms with van der Waals surface area (Å²) in [6.07, 6.45) is -3.40. The van der Waals surface area contributed by atoms with E-state index in [-0.39, 0.29) is 11.5 Å². The second-order valence-electron chi connectivity index (χ2n) is 6.15. The summed E-state index contributed by atoms with van der Waals surface area (Å²) < 4.78 is 39.2. The number of nitrogens with one attached hydrogen (secondary N) is 1. The molecule has 1 amide bonds. The van der Waals surface area contributed by atoms with Crippen molar-refractivity contribution in [2.75, 3.05) is 0 Å². The third-order valence-corrected chi connectivity index (χ3v) is 4.05. The number of carbonyl (C=O) groups is 2. The quantitative estimate of drug-likeness (QED) is 0.822. The topological polar surface area (TPSA) is 84.2 Å². The fraction of sp³-hybridized carbons (Fsp3) is 0.353. The van der Waals surface area contributed by atoms with Gasteiger partial charge in [-0.1, -0.05) is 18.2 Å². The maximum atomic E-state index is 12.5. The van der Waals surface area contributed by atoms with Crippen LogP contribution in [0.15, 0.2) is 36.5 Å². The van der Waals surface area contributed by atoms with Crippen LogP contribution in [0.25, 0.3) is 5.69 Å². The number of amides is 1. The lowest BCUT2D eigenvalue weighted by molar-refractivity contribution is -0.157. The van der Waals surface area contributed by atoms with Gasteiger partial charge in [0.1, 0.15) is 6.04 Å². The van der Waals surface area contributed by atoms with Gasteiger partial charge >= 0.3 is 12.1 Å². The molecule has 0 aliphatic heterocycles. The molecular formula is C17H16F3N3O3. The first kappa shape index (κ1) is 18.0. The molecule has 0 bridgehead atoms. The van der Waals surface area contributed by atoms with Gasteiger partial charge in [-0.25, -0.2) is 9.48 Å². The van der Waals surface area contributed by atoms with E-state index >= 15 is 0 Å². The first-order chi connectivity index (χ1) is 12.3. The molecule has 1 aromatic carbocycles. The number of nitrogens with zero attached hydrogens (tertiary/aromatic N) is 2. The molecule has 0 spiro atoms. The number of aliphatic carboxylic acids is 1. The molecule has 1 saturated carbocycles. The monoisotopic (exact) mass is 367 g/mol. The molecule has 1 aromatic heterocycles. The van der Waals surface area contributed by atoms with Gasteiger partial charge < -0.3 is 10.4 Å². The fourth-order valence-corrected chi connectivity index (χ4v) is 2.72. The van der Waals surface area contributed by atoms with Crippen molar-refractivity contribution in [3.05, 3.63) is 47.8 Å². The Morgan fingerprint density at radius 3 is 2.46 bits per heavy atom. The Kier molecular flexibility index (Phi) is 4.71. The minimum Gasteiger partial charge on any atom is -0.480 e. The fourth-order valence-electron chi connectivity index (χ4n) is 2.72. The predicted molar refractivity (Wildman–Crippen MR) is 85.1 cm³/mol. The zero-order valence-corrected chi connectivity index (χ0v) is 13.5. The molecule has 138 valence electrons. The van der Waals surface area contributed by atoms with E-state index in [1.54, 1.807) is 28.9 Å². The van der Waals surface area contributed by atoms with Crippen molar-refractivity contribution in [1.29, 1.82) is 0 Å². The van der Waals surface area contributed by atoms with Gasteiger partial charge in [0.25, 0.3) is 5.91 Å². The number of carboxylic acids is 1. The van der Waals surface area contributed by atoms with Crippen LogP contribution in [0.3, 0.4) is 0 Å². The maximum Gasteiger partial charge on any atom is 0.391 e. The van der Waals surface area contributed by atoms with Crippen molar-refractivity contribution >= 4 is 11.9 Å². The molecular weight excluding hydrogens is 351 g/mol. The van der Waals surface area contributed by atoms with Crippen molar-refractivity contribution < 1.29 is 27.9 Å². The van der Waals surface area contributed by atoms with Crippen molar-refractivity contribution in [1.82, 2.24) is 15.1 Å². The first-order valence-electron chi connectivity index (χ1n) is 8.00. The Morgan fingerprint density at radius 1 is 1.27 bits per heavy atom.